The number of benzene rings is 1. The van der Waals surface area contributed by atoms with E-state index in [1.807, 2.05) is 6.92 Å². The predicted molar refractivity (Wildman–Crippen MR) is 76.7 cm³/mol. The Morgan fingerprint density at radius 2 is 2.05 bits per heavy atom. The number of hydrogen-bond acceptors (Lipinski definition) is 5. The molecule has 0 radical (unpaired) electrons. The van der Waals surface area contributed by atoms with Crippen LogP contribution in [0, 0.1) is 0 Å². The molecule has 0 saturated carbocycles. The Bertz CT molecular complexity index is 570. The van der Waals surface area contributed by atoms with Gasteiger partial charge in [0.05, 0.1) is 17.9 Å². The Balaban J connectivity index is 2.69. The van der Waals surface area contributed by atoms with Crippen molar-refractivity contribution in [3.63, 3.8) is 0 Å². The lowest BCUT2D eigenvalue weighted by atomic mass is 10.1. The smallest absolute Gasteiger partial charge is 0.307 e. The second kappa shape index (κ2) is 7.25. The van der Waals surface area contributed by atoms with Crippen LogP contribution in [-0.2, 0) is 26.0 Å². The van der Waals surface area contributed by atoms with Crippen molar-refractivity contribution >= 4 is 21.7 Å². The Morgan fingerprint density at radius 1 is 1.35 bits per heavy atom. The molecule has 0 spiro atoms. The summed E-state index contributed by atoms with van der Waals surface area (Å²) in [6.45, 7) is 3.91. The quantitative estimate of drug-likeness (QED) is 0.579. The summed E-state index contributed by atoms with van der Waals surface area (Å²) < 4.78 is 31.1. The maximum Gasteiger partial charge on any atom is 0.307 e. The fourth-order valence-electron chi connectivity index (χ4n) is 1.67. The Labute approximate surface area is 119 Å². The molecule has 0 bridgehead atoms. The molecule has 1 rings (SSSR count). The summed E-state index contributed by atoms with van der Waals surface area (Å²) in [5.74, 6) is -0.434. The van der Waals surface area contributed by atoms with Gasteiger partial charge in [0.1, 0.15) is 0 Å². The third kappa shape index (κ3) is 4.50. The number of esters is 1. The van der Waals surface area contributed by atoms with Crippen molar-refractivity contribution in [2.75, 3.05) is 18.9 Å². The number of hydrogen-bond donors (Lipinski definition) is 2. The number of nitrogens with one attached hydrogen (secondary N) is 1. The van der Waals surface area contributed by atoms with Gasteiger partial charge in [0.2, 0.25) is 10.0 Å². The molecular formula is C13H20N2O4S. The van der Waals surface area contributed by atoms with Crippen LogP contribution in [0.25, 0.3) is 0 Å². The van der Waals surface area contributed by atoms with Gasteiger partial charge in [-0.2, -0.15) is 0 Å². The van der Waals surface area contributed by atoms with Gasteiger partial charge in [0.25, 0.3) is 0 Å². The maximum atomic E-state index is 12.0. The van der Waals surface area contributed by atoms with Crippen LogP contribution in [-0.4, -0.2) is 27.5 Å². The van der Waals surface area contributed by atoms with Crippen molar-refractivity contribution in [1.82, 2.24) is 4.72 Å². The third-order valence-electron chi connectivity index (χ3n) is 2.74. The molecule has 0 heterocycles. The van der Waals surface area contributed by atoms with Gasteiger partial charge in [-0.3, -0.25) is 4.79 Å². The van der Waals surface area contributed by atoms with Gasteiger partial charge in [-0.05, 0) is 31.0 Å². The number of sulfonamides is 1. The number of rotatable bonds is 7. The molecule has 20 heavy (non-hydrogen) atoms. The van der Waals surface area contributed by atoms with E-state index in [1.165, 1.54) is 12.1 Å². The lowest BCUT2D eigenvalue weighted by Gasteiger charge is -2.09. The van der Waals surface area contributed by atoms with Crippen LogP contribution in [0.3, 0.4) is 0 Å². The van der Waals surface area contributed by atoms with Gasteiger partial charge >= 0.3 is 5.97 Å². The average molecular weight is 300 g/mol. The number of nitrogens with two attached hydrogens (primary N) is 1. The topological polar surface area (TPSA) is 98.5 Å². The molecule has 1 aromatic carbocycles. The number of carbonyl (C=O) groups excluding carboxylic acids is 1. The first-order valence-corrected chi connectivity index (χ1v) is 7.92. The van der Waals surface area contributed by atoms with E-state index in [0.717, 1.165) is 12.0 Å². The van der Waals surface area contributed by atoms with E-state index < -0.39 is 16.0 Å². The van der Waals surface area contributed by atoms with E-state index in [1.54, 1.807) is 13.0 Å². The largest absolute Gasteiger partial charge is 0.466 e. The van der Waals surface area contributed by atoms with Crippen LogP contribution < -0.4 is 10.5 Å². The van der Waals surface area contributed by atoms with Crippen LogP contribution in [0.15, 0.2) is 23.1 Å². The lowest BCUT2D eigenvalue weighted by molar-refractivity contribution is -0.142. The van der Waals surface area contributed by atoms with Crippen molar-refractivity contribution in [2.45, 2.75) is 31.6 Å². The maximum absolute atomic E-state index is 12.0. The highest BCUT2D eigenvalue weighted by Gasteiger charge is 2.15. The molecule has 0 atom stereocenters. The summed E-state index contributed by atoms with van der Waals surface area (Å²) in [6.07, 6.45) is 0.734. The monoisotopic (exact) mass is 300 g/mol. The SMILES string of the molecule is CCOC(=O)CCNS(=O)(=O)c1ccc(CC)c(N)c1. The lowest BCUT2D eigenvalue weighted by Crippen LogP contribution is -2.27. The van der Waals surface area contributed by atoms with Gasteiger partial charge in [-0.15, -0.1) is 0 Å². The van der Waals surface area contributed by atoms with Crippen LogP contribution in [0.4, 0.5) is 5.69 Å². The summed E-state index contributed by atoms with van der Waals surface area (Å²) in [4.78, 5) is 11.2. The highest BCUT2D eigenvalue weighted by molar-refractivity contribution is 7.89. The zero-order valence-corrected chi connectivity index (χ0v) is 12.5. The summed E-state index contributed by atoms with van der Waals surface area (Å²) in [6, 6.07) is 4.61. The zero-order valence-electron chi connectivity index (χ0n) is 11.7. The Morgan fingerprint density at radius 3 is 2.60 bits per heavy atom. The Kier molecular flexibility index (Phi) is 5.97. The summed E-state index contributed by atoms with van der Waals surface area (Å²) in [5, 5.41) is 0. The molecule has 0 aliphatic carbocycles. The molecule has 112 valence electrons. The molecule has 0 unspecified atom stereocenters. The minimum atomic E-state index is -3.66. The average Bonchev–Trinajstić information content (AvgIpc) is 2.38. The zero-order chi connectivity index (χ0) is 15.2. The van der Waals surface area contributed by atoms with E-state index in [4.69, 9.17) is 10.5 Å². The minimum absolute atomic E-state index is 0.00337. The van der Waals surface area contributed by atoms with Crippen molar-refractivity contribution in [3.05, 3.63) is 23.8 Å². The highest BCUT2D eigenvalue weighted by Crippen LogP contribution is 2.18. The summed E-state index contributed by atoms with van der Waals surface area (Å²) in [7, 11) is -3.66. The number of ether oxygens (including phenoxy) is 1. The summed E-state index contributed by atoms with van der Waals surface area (Å²) in [5.41, 5.74) is 7.12. The predicted octanol–water partition coefficient (Wildman–Crippen LogP) is 1.06. The molecule has 1 aromatic rings. The second-order valence-electron chi connectivity index (χ2n) is 4.17. The van der Waals surface area contributed by atoms with Gasteiger partial charge in [0.15, 0.2) is 0 Å². The standard InChI is InChI=1S/C13H20N2O4S/c1-3-10-5-6-11(9-12(10)14)20(17,18)15-8-7-13(16)19-4-2/h5-6,9,15H,3-4,7-8,14H2,1-2H3. The molecular weight excluding hydrogens is 280 g/mol. The Hall–Kier alpha value is -1.60. The van der Waals surface area contributed by atoms with Crippen LogP contribution in [0.1, 0.15) is 25.8 Å². The molecule has 0 aliphatic heterocycles. The first-order valence-electron chi connectivity index (χ1n) is 6.44. The molecule has 0 aromatic heterocycles. The number of nitrogen functional groups attached to an aromatic ring is 1. The second-order valence-corrected chi connectivity index (χ2v) is 5.93. The molecule has 0 aliphatic rings. The van der Waals surface area contributed by atoms with Crippen LogP contribution in [0.5, 0.6) is 0 Å². The summed E-state index contributed by atoms with van der Waals surface area (Å²) >= 11 is 0. The van der Waals surface area contributed by atoms with Gasteiger partial charge in [0, 0.05) is 12.2 Å². The minimum Gasteiger partial charge on any atom is -0.466 e. The van der Waals surface area contributed by atoms with Crippen molar-refractivity contribution in [3.8, 4) is 0 Å². The molecule has 0 saturated heterocycles. The van der Waals surface area contributed by atoms with E-state index >= 15 is 0 Å². The van der Waals surface area contributed by atoms with Gasteiger partial charge in [-0.1, -0.05) is 13.0 Å². The van der Waals surface area contributed by atoms with E-state index in [0.29, 0.717) is 5.69 Å². The number of carbonyl (C=O) groups is 1. The normalized spacial score (nSPS) is 11.3. The first kappa shape index (κ1) is 16.5. The number of anilines is 1. The fraction of sp³-hybridized carbons (Fsp3) is 0.462. The van der Waals surface area contributed by atoms with Crippen LogP contribution >= 0.6 is 0 Å². The van der Waals surface area contributed by atoms with E-state index in [-0.39, 0.29) is 24.5 Å². The van der Waals surface area contributed by atoms with Crippen molar-refractivity contribution in [1.29, 1.82) is 0 Å². The van der Waals surface area contributed by atoms with Crippen molar-refractivity contribution in [2.24, 2.45) is 0 Å². The fourth-order valence-corrected chi connectivity index (χ4v) is 2.73. The van der Waals surface area contributed by atoms with Gasteiger partial charge < -0.3 is 10.5 Å². The number of aryl methyl sites for hydroxylation is 1. The molecule has 0 amide bonds. The third-order valence-corrected chi connectivity index (χ3v) is 4.19. The van der Waals surface area contributed by atoms with Crippen LogP contribution in [0.2, 0.25) is 0 Å². The molecule has 6 nitrogen and oxygen atoms in total. The van der Waals surface area contributed by atoms with E-state index in [2.05, 4.69) is 4.72 Å². The highest BCUT2D eigenvalue weighted by atomic mass is 32.2. The van der Waals surface area contributed by atoms with Gasteiger partial charge in [-0.25, -0.2) is 13.1 Å². The molecule has 0 fully saturated rings. The van der Waals surface area contributed by atoms with Crippen molar-refractivity contribution < 1.29 is 17.9 Å². The molecule has 7 heteroatoms. The first-order chi connectivity index (χ1) is 9.40. The molecule has 3 N–H and O–H groups in total. The van der Waals surface area contributed by atoms with E-state index in [9.17, 15) is 13.2 Å².